The number of rotatable bonds is 8. The van der Waals surface area contributed by atoms with E-state index < -0.39 is 0 Å². The van der Waals surface area contributed by atoms with Crippen molar-refractivity contribution in [3.8, 4) is 5.75 Å². The second-order valence-electron chi connectivity index (χ2n) is 4.17. The van der Waals surface area contributed by atoms with E-state index in [1.807, 2.05) is 12.1 Å². The average molecular weight is 236 g/mol. The first-order valence-corrected chi connectivity index (χ1v) is 6.35. The molecular weight excluding hydrogens is 212 g/mol. The largest absolute Gasteiger partial charge is 0.497 e. The molecule has 17 heavy (non-hydrogen) atoms. The molecular formula is C14H24N2O. The van der Waals surface area contributed by atoms with Crippen LogP contribution in [0.25, 0.3) is 0 Å². The van der Waals surface area contributed by atoms with Crippen LogP contribution >= 0.6 is 0 Å². The second-order valence-corrected chi connectivity index (χ2v) is 4.17. The van der Waals surface area contributed by atoms with Crippen molar-refractivity contribution < 1.29 is 4.74 Å². The predicted octanol–water partition coefficient (Wildman–Crippen LogP) is 1.91. The highest BCUT2D eigenvalue weighted by Crippen LogP contribution is 2.11. The van der Waals surface area contributed by atoms with Crippen LogP contribution in [0.3, 0.4) is 0 Å². The maximum Gasteiger partial charge on any atom is 0.118 e. The fraction of sp³-hybridized carbons (Fsp3) is 0.571. The third kappa shape index (κ3) is 5.20. The number of hydrogen-bond acceptors (Lipinski definition) is 3. The Labute approximate surface area is 105 Å². The normalized spacial score (nSPS) is 10.8. The highest BCUT2D eigenvalue weighted by Gasteiger charge is 2.02. The number of nitrogens with zero attached hydrogens (tertiary/aromatic N) is 1. The molecule has 0 spiro atoms. The second kappa shape index (κ2) is 8.09. The first kappa shape index (κ1) is 14.0. The SMILES string of the molecule is CCN(CCCN)CCc1ccc(OC)cc1. The van der Waals surface area contributed by atoms with Crippen molar-refractivity contribution in [3.63, 3.8) is 0 Å². The van der Waals surface area contributed by atoms with Crippen LogP contribution in [-0.2, 0) is 6.42 Å². The monoisotopic (exact) mass is 236 g/mol. The Hall–Kier alpha value is -1.06. The predicted molar refractivity (Wildman–Crippen MR) is 72.5 cm³/mol. The Morgan fingerprint density at radius 1 is 1.18 bits per heavy atom. The summed E-state index contributed by atoms with van der Waals surface area (Å²) in [5.41, 5.74) is 6.89. The molecule has 0 unspecified atom stereocenters. The molecule has 1 aromatic carbocycles. The molecule has 0 saturated carbocycles. The fourth-order valence-electron chi connectivity index (χ4n) is 1.82. The number of benzene rings is 1. The van der Waals surface area contributed by atoms with Gasteiger partial charge in [-0.2, -0.15) is 0 Å². The van der Waals surface area contributed by atoms with Gasteiger partial charge < -0.3 is 15.4 Å². The molecule has 0 aromatic heterocycles. The molecule has 1 rings (SSSR count). The van der Waals surface area contributed by atoms with Crippen molar-refractivity contribution in [1.29, 1.82) is 0 Å². The summed E-state index contributed by atoms with van der Waals surface area (Å²) >= 11 is 0. The van der Waals surface area contributed by atoms with Crippen LogP contribution in [0, 0.1) is 0 Å². The van der Waals surface area contributed by atoms with Crippen molar-refractivity contribution >= 4 is 0 Å². The molecule has 3 nitrogen and oxygen atoms in total. The highest BCUT2D eigenvalue weighted by molar-refractivity contribution is 5.27. The third-order valence-electron chi connectivity index (χ3n) is 3.00. The first-order valence-electron chi connectivity index (χ1n) is 6.35. The number of ether oxygens (including phenoxy) is 1. The molecule has 0 aliphatic rings. The van der Waals surface area contributed by atoms with Crippen LogP contribution in [0.2, 0.25) is 0 Å². The van der Waals surface area contributed by atoms with Gasteiger partial charge in [0.25, 0.3) is 0 Å². The van der Waals surface area contributed by atoms with Gasteiger partial charge in [-0.25, -0.2) is 0 Å². The molecule has 0 bridgehead atoms. The molecule has 0 saturated heterocycles. The lowest BCUT2D eigenvalue weighted by Gasteiger charge is -2.19. The Kier molecular flexibility index (Phi) is 6.67. The third-order valence-corrected chi connectivity index (χ3v) is 3.00. The zero-order valence-corrected chi connectivity index (χ0v) is 11.0. The van der Waals surface area contributed by atoms with Crippen molar-refractivity contribution in [1.82, 2.24) is 4.90 Å². The van der Waals surface area contributed by atoms with E-state index >= 15 is 0 Å². The lowest BCUT2D eigenvalue weighted by molar-refractivity contribution is 0.290. The summed E-state index contributed by atoms with van der Waals surface area (Å²) in [6.07, 6.45) is 2.17. The Balaban J connectivity index is 2.36. The number of hydrogen-bond donors (Lipinski definition) is 1. The van der Waals surface area contributed by atoms with Crippen LogP contribution < -0.4 is 10.5 Å². The van der Waals surface area contributed by atoms with Crippen molar-refractivity contribution in [2.45, 2.75) is 19.8 Å². The van der Waals surface area contributed by atoms with Gasteiger partial charge in [0.15, 0.2) is 0 Å². The molecule has 96 valence electrons. The molecule has 0 heterocycles. The summed E-state index contributed by atoms with van der Waals surface area (Å²) in [6, 6.07) is 8.31. The van der Waals surface area contributed by atoms with Gasteiger partial charge in [-0.3, -0.25) is 0 Å². The van der Waals surface area contributed by atoms with Gasteiger partial charge in [0.1, 0.15) is 5.75 Å². The van der Waals surface area contributed by atoms with Crippen LogP contribution in [0.4, 0.5) is 0 Å². The van der Waals surface area contributed by atoms with Gasteiger partial charge in [0.2, 0.25) is 0 Å². The maximum absolute atomic E-state index is 5.53. The zero-order chi connectivity index (χ0) is 12.5. The van der Waals surface area contributed by atoms with Crippen molar-refractivity contribution in [2.24, 2.45) is 5.73 Å². The minimum absolute atomic E-state index is 0.777. The van der Waals surface area contributed by atoms with Crippen molar-refractivity contribution in [2.75, 3.05) is 33.3 Å². The van der Waals surface area contributed by atoms with Crippen LogP contribution in [0.15, 0.2) is 24.3 Å². The van der Waals surface area contributed by atoms with E-state index in [-0.39, 0.29) is 0 Å². The van der Waals surface area contributed by atoms with E-state index in [1.165, 1.54) is 5.56 Å². The highest BCUT2D eigenvalue weighted by atomic mass is 16.5. The molecule has 1 aromatic rings. The van der Waals surface area contributed by atoms with E-state index in [4.69, 9.17) is 10.5 Å². The van der Waals surface area contributed by atoms with Crippen LogP contribution in [0.1, 0.15) is 18.9 Å². The van der Waals surface area contributed by atoms with Gasteiger partial charge in [-0.15, -0.1) is 0 Å². The van der Waals surface area contributed by atoms with Gasteiger partial charge in [-0.1, -0.05) is 19.1 Å². The first-order chi connectivity index (χ1) is 8.30. The molecule has 2 N–H and O–H groups in total. The van der Waals surface area contributed by atoms with Gasteiger partial charge >= 0.3 is 0 Å². The summed E-state index contributed by atoms with van der Waals surface area (Å²) in [5.74, 6) is 0.921. The Bertz CT molecular complexity index is 298. The van der Waals surface area contributed by atoms with Gasteiger partial charge in [0, 0.05) is 6.54 Å². The lowest BCUT2D eigenvalue weighted by Crippen LogP contribution is -2.28. The van der Waals surface area contributed by atoms with Crippen molar-refractivity contribution in [3.05, 3.63) is 29.8 Å². The van der Waals surface area contributed by atoms with Crippen LogP contribution in [-0.4, -0.2) is 38.2 Å². The molecule has 0 aliphatic carbocycles. The average Bonchev–Trinajstić information content (AvgIpc) is 2.39. The molecule has 0 atom stereocenters. The smallest absolute Gasteiger partial charge is 0.118 e. The standard InChI is InChI=1S/C14H24N2O/c1-3-16(11-4-10-15)12-9-13-5-7-14(17-2)8-6-13/h5-8H,3-4,9-12,15H2,1-2H3. The molecule has 0 aliphatic heterocycles. The summed E-state index contributed by atoms with van der Waals surface area (Å²) < 4.78 is 5.14. The Morgan fingerprint density at radius 2 is 1.88 bits per heavy atom. The van der Waals surface area contributed by atoms with E-state index in [9.17, 15) is 0 Å². The lowest BCUT2D eigenvalue weighted by atomic mass is 10.1. The van der Waals surface area contributed by atoms with Crippen LogP contribution in [0.5, 0.6) is 5.75 Å². The summed E-state index contributed by atoms with van der Waals surface area (Å²) in [4.78, 5) is 2.44. The van der Waals surface area contributed by atoms with E-state index in [0.717, 1.165) is 44.8 Å². The van der Waals surface area contributed by atoms with E-state index in [0.29, 0.717) is 0 Å². The molecule has 0 radical (unpaired) electrons. The molecule has 0 amide bonds. The van der Waals surface area contributed by atoms with E-state index in [1.54, 1.807) is 7.11 Å². The maximum atomic E-state index is 5.53. The summed E-state index contributed by atoms with van der Waals surface area (Å²) in [5, 5.41) is 0. The fourth-order valence-corrected chi connectivity index (χ4v) is 1.82. The topological polar surface area (TPSA) is 38.5 Å². The molecule has 0 fully saturated rings. The minimum Gasteiger partial charge on any atom is -0.497 e. The van der Waals surface area contributed by atoms with E-state index in [2.05, 4.69) is 24.0 Å². The number of likely N-dealkylation sites (N-methyl/N-ethyl adjacent to an activating group) is 1. The summed E-state index contributed by atoms with van der Waals surface area (Å²) in [6.45, 7) is 6.27. The van der Waals surface area contributed by atoms with Gasteiger partial charge in [0.05, 0.1) is 7.11 Å². The number of methoxy groups -OCH3 is 1. The Morgan fingerprint density at radius 3 is 2.41 bits per heavy atom. The summed E-state index contributed by atoms with van der Waals surface area (Å²) in [7, 11) is 1.70. The zero-order valence-electron chi connectivity index (χ0n) is 11.0. The minimum atomic E-state index is 0.777. The quantitative estimate of drug-likeness (QED) is 0.749. The molecule has 3 heteroatoms. The number of nitrogens with two attached hydrogens (primary N) is 1. The van der Waals surface area contributed by atoms with Gasteiger partial charge in [-0.05, 0) is 50.2 Å².